The molecule has 6 heteroatoms. The standard InChI is InChI=1S/C16H15N3O2S/c1-16(8-13(20)19(2)15(17)18-16)12-7-11-14(22-12)9-5-3-4-6-10(9)21-11/h3-7H,8H2,1-2H3,(H2,17,18)/t16-/m0/s1. The van der Waals surface area contributed by atoms with Crippen LogP contribution in [0.5, 0.6) is 0 Å². The Balaban J connectivity index is 1.89. The number of amides is 1. The first kappa shape index (κ1) is 13.3. The third-order valence-corrected chi connectivity index (χ3v) is 5.56. The van der Waals surface area contributed by atoms with Gasteiger partial charge in [-0.1, -0.05) is 12.1 Å². The van der Waals surface area contributed by atoms with Gasteiger partial charge in [-0.2, -0.15) is 0 Å². The first-order valence-corrected chi connectivity index (χ1v) is 7.83. The van der Waals surface area contributed by atoms with Crippen LogP contribution in [0.25, 0.3) is 21.3 Å². The van der Waals surface area contributed by atoms with Gasteiger partial charge in [-0.3, -0.25) is 9.69 Å². The molecule has 5 nitrogen and oxygen atoms in total. The van der Waals surface area contributed by atoms with Gasteiger partial charge in [-0.05, 0) is 25.1 Å². The minimum atomic E-state index is -0.624. The quantitative estimate of drug-likeness (QED) is 0.750. The van der Waals surface area contributed by atoms with Crippen LogP contribution in [-0.4, -0.2) is 23.8 Å². The first-order valence-electron chi connectivity index (χ1n) is 7.01. The number of carbonyl (C=O) groups excluding carboxylic acids is 1. The second-order valence-electron chi connectivity index (χ2n) is 5.78. The Morgan fingerprint density at radius 1 is 1.36 bits per heavy atom. The number of hydrogen-bond acceptors (Lipinski definition) is 5. The number of fused-ring (bicyclic) bond motifs is 3. The molecular weight excluding hydrogens is 298 g/mol. The van der Waals surface area contributed by atoms with Crippen molar-refractivity contribution >= 4 is 44.5 Å². The summed E-state index contributed by atoms with van der Waals surface area (Å²) in [5.74, 6) is 0.235. The predicted molar refractivity (Wildman–Crippen MR) is 88.0 cm³/mol. The summed E-state index contributed by atoms with van der Waals surface area (Å²) in [7, 11) is 1.65. The molecule has 0 radical (unpaired) electrons. The second kappa shape index (κ2) is 4.33. The summed E-state index contributed by atoms with van der Waals surface area (Å²) in [4.78, 5) is 19.0. The minimum Gasteiger partial charge on any atom is -0.455 e. The smallest absolute Gasteiger partial charge is 0.231 e. The lowest BCUT2D eigenvalue weighted by Crippen LogP contribution is -2.47. The van der Waals surface area contributed by atoms with Gasteiger partial charge >= 0.3 is 0 Å². The lowest BCUT2D eigenvalue weighted by atomic mass is 9.94. The summed E-state index contributed by atoms with van der Waals surface area (Å²) in [6.07, 6.45) is 0.311. The van der Waals surface area contributed by atoms with E-state index in [1.54, 1.807) is 18.4 Å². The van der Waals surface area contributed by atoms with Gasteiger partial charge in [0.1, 0.15) is 16.7 Å². The van der Waals surface area contributed by atoms with Crippen molar-refractivity contribution in [2.24, 2.45) is 10.7 Å². The van der Waals surface area contributed by atoms with Crippen LogP contribution in [0.3, 0.4) is 0 Å². The van der Waals surface area contributed by atoms with Crippen LogP contribution in [0, 0.1) is 0 Å². The van der Waals surface area contributed by atoms with E-state index in [0.717, 1.165) is 26.1 Å². The highest BCUT2D eigenvalue weighted by Crippen LogP contribution is 2.43. The molecule has 1 aliphatic rings. The third-order valence-electron chi connectivity index (χ3n) is 4.15. The molecule has 22 heavy (non-hydrogen) atoms. The Labute approximate surface area is 131 Å². The number of thiophene rings is 1. The lowest BCUT2D eigenvalue weighted by molar-refractivity contribution is -0.128. The van der Waals surface area contributed by atoms with Crippen LogP contribution in [-0.2, 0) is 10.3 Å². The van der Waals surface area contributed by atoms with Gasteiger partial charge in [-0.15, -0.1) is 11.3 Å². The number of hydrogen-bond donors (Lipinski definition) is 1. The first-order chi connectivity index (χ1) is 10.5. The van der Waals surface area contributed by atoms with E-state index in [2.05, 4.69) is 4.99 Å². The monoisotopic (exact) mass is 313 g/mol. The average Bonchev–Trinajstić information content (AvgIpc) is 3.02. The van der Waals surface area contributed by atoms with Crippen LogP contribution in [0.2, 0.25) is 0 Å². The zero-order valence-corrected chi connectivity index (χ0v) is 13.1. The maximum absolute atomic E-state index is 12.1. The molecule has 0 saturated carbocycles. The maximum Gasteiger partial charge on any atom is 0.231 e. The van der Waals surface area contributed by atoms with Crippen molar-refractivity contribution in [2.45, 2.75) is 18.9 Å². The molecule has 1 aliphatic heterocycles. The second-order valence-corrected chi connectivity index (χ2v) is 6.83. The zero-order valence-electron chi connectivity index (χ0n) is 12.3. The highest BCUT2D eigenvalue weighted by Gasteiger charge is 2.37. The number of aliphatic imine (C=N–C) groups is 1. The van der Waals surface area contributed by atoms with Crippen LogP contribution in [0.1, 0.15) is 18.2 Å². The highest BCUT2D eigenvalue weighted by atomic mass is 32.1. The van der Waals surface area contributed by atoms with Crippen molar-refractivity contribution in [3.63, 3.8) is 0 Å². The number of nitrogens with zero attached hydrogens (tertiary/aromatic N) is 2. The fourth-order valence-corrected chi connectivity index (χ4v) is 4.02. The SMILES string of the molecule is CN1C(=O)C[C@@](C)(c2cc3oc4ccccc4c3s2)N=C1N. The van der Waals surface area contributed by atoms with E-state index in [0.29, 0.717) is 6.42 Å². The van der Waals surface area contributed by atoms with Crippen molar-refractivity contribution in [3.8, 4) is 0 Å². The van der Waals surface area contributed by atoms with E-state index in [4.69, 9.17) is 10.2 Å². The molecule has 0 aliphatic carbocycles. The van der Waals surface area contributed by atoms with E-state index in [9.17, 15) is 4.79 Å². The fraction of sp³-hybridized carbons (Fsp3) is 0.250. The number of rotatable bonds is 1. The van der Waals surface area contributed by atoms with Gasteiger partial charge in [-0.25, -0.2) is 4.99 Å². The Kier molecular flexibility index (Phi) is 2.62. The van der Waals surface area contributed by atoms with Crippen molar-refractivity contribution in [1.82, 2.24) is 4.90 Å². The van der Waals surface area contributed by atoms with E-state index in [1.165, 1.54) is 4.90 Å². The molecule has 0 saturated heterocycles. The third kappa shape index (κ3) is 1.77. The predicted octanol–water partition coefficient (Wildman–Crippen LogP) is 3.04. The van der Waals surface area contributed by atoms with Gasteiger partial charge in [0.05, 0.1) is 11.1 Å². The van der Waals surface area contributed by atoms with Crippen LogP contribution in [0.4, 0.5) is 0 Å². The van der Waals surface area contributed by atoms with Gasteiger partial charge < -0.3 is 10.2 Å². The molecule has 0 fully saturated rings. The largest absolute Gasteiger partial charge is 0.455 e. The number of para-hydroxylation sites is 1. The number of benzene rings is 1. The molecule has 1 atom stereocenters. The van der Waals surface area contributed by atoms with Crippen molar-refractivity contribution < 1.29 is 9.21 Å². The highest BCUT2D eigenvalue weighted by molar-refractivity contribution is 7.20. The molecule has 1 amide bonds. The molecule has 112 valence electrons. The molecule has 0 bridgehead atoms. The van der Waals surface area contributed by atoms with E-state index < -0.39 is 5.54 Å². The van der Waals surface area contributed by atoms with E-state index >= 15 is 0 Å². The summed E-state index contributed by atoms with van der Waals surface area (Å²) >= 11 is 1.62. The summed E-state index contributed by atoms with van der Waals surface area (Å²) < 4.78 is 6.97. The number of nitrogens with two attached hydrogens (primary N) is 1. The van der Waals surface area contributed by atoms with Gasteiger partial charge in [0.2, 0.25) is 5.91 Å². The molecule has 2 aromatic heterocycles. The molecule has 4 rings (SSSR count). The lowest BCUT2D eigenvalue weighted by Gasteiger charge is -2.32. The van der Waals surface area contributed by atoms with Crippen molar-refractivity contribution in [1.29, 1.82) is 0 Å². The summed E-state index contributed by atoms with van der Waals surface area (Å²) in [6, 6.07) is 9.93. The van der Waals surface area contributed by atoms with Crippen LogP contribution < -0.4 is 5.73 Å². The van der Waals surface area contributed by atoms with Gasteiger partial charge in [0.15, 0.2) is 5.96 Å². The summed E-state index contributed by atoms with van der Waals surface area (Å²) in [5.41, 5.74) is 6.97. The van der Waals surface area contributed by atoms with Crippen LogP contribution >= 0.6 is 11.3 Å². The maximum atomic E-state index is 12.1. The Hall–Kier alpha value is -2.34. The topological polar surface area (TPSA) is 71.8 Å². The molecule has 3 aromatic rings. The summed E-state index contributed by atoms with van der Waals surface area (Å²) in [5, 5.41) is 1.09. The molecule has 0 unspecified atom stereocenters. The molecule has 2 N–H and O–H groups in total. The summed E-state index contributed by atoms with van der Waals surface area (Å²) in [6.45, 7) is 1.94. The van der Waals surface area contributed by atoms with Crippen molar-refractivity contribution in [3.05, 3.63) is 35.2 Å². The minimum absolute atomic E-state index is 0.0233. The van der Waals surface area contributed by atoms with E-state index in [1.807, 2.05) is 37.3 Å². The number of guanidine groups is 1. The van der Waals surface area contributed by atoms with Crippen LogP contribution in [0.15, 0.2) is 39.7 Å². The number of carbonyl (C=O) groups is 1. The van der Waals surface area contributed by atoms with E-state index in [-0.39, 0.29) is 11.9 Å². The molecule has 0 spiro atoms. The molecule has 1 aromatic carbocycles. The average molecular weight is 313 g/mol. The van der Waals surface area contributed by atoms with Crippen molar-refractivity contribution in [2.75, 3.05) is 7.05 Å². The number of furan rings is 1. The Morgan fingerprint density at radius 2 is 2.14 bits per heavy atom. The zero-order chi connectivity index (χ0) is 15.5. The molecule has 3 heterocycles. The fourth-order valence-electron chi connectivity index (χ4n) is 2.82. The normalized spacial score (nSPS) is 22.5. The van der Waals surface area contributed by atoms with Gasteiger partial charge in [0, 0.05) is 17.3 Å². The Bertz CT molecular complexity index is 939. The van der Waals surface area contributed by atoms with Gasteiger partial charge in [0.25, 0.3) is 0 Å². The molecular formula is C16H15N3O2S. The Morgan fingerprint density at radius 3 is 2.91 bits per heavy atom.